The Hall–Kier alpha value is -0.520. The molecule has 2 rings (SSSR count). The fourth-order valence-corrected chi connectivity index (χ4v) is 2.82. The van der Waals surface area contributed by atoms with Gasteiger partial charge in [0.2, 0.25) is 0 Å². The van der Waals surface area contributed by atoms with Crippen LogP contribution in [0.15, 0.2) is 24.3 Å². The summed E-state index contributed by atoms with van der Waals surface area (Å²) in [6.07, 6.45) is 16.6. The maximum absolute atomic E-state index is 2.51. The molecule has 0 aromatic carbocycles. The van der Waals surface area contributed by atoms with Gasteiger partial charge in [0.05, 0.1) is 0 Å². The first-order valence-corrected chi connectivity index (χ1v) is 6.09. The highest BCUT2D eigenvalue weighted by Crippen LogP contribution is 2.42. The van der Waals surface area contributed by atoms with Gasteiger partial charge in [-0.1, -0.05) is 44.6 Å². The standard InChI is InChI=1S/C14H22/c1-12(2)13-6-5-10-14(11-7-13)8-3-4-9-14/h3,7-8,11-13H,4-6,9-10H2,1-2H3. The zero-order valence-corrected chi connectivity index (χ0v) is 9.50. The minimum absolute atomic E-state index is 0.462. The SMILES string of the molecule is CC(C)C1C=CC2(C=CCC2)CCC1. The van der Waals surface area contributed by atoms with Gasteiger partial charge >= 0.3 is 0 Å². The van der Waals surface area contributed by atoms with Crippen LogP contribution in [0.3, 0.4) is 0 Å². The highest BCUT2D eigenvalue weighted by molar-refractivity contribution is 5.18. The van der Waals surface area contributed by atoms with E-state index in [1.165, 1.54) is 32.1 Å². The molecular formula is C14H22. The zero-order chi connectivity index (χ0) is 10.0. The Kier molecular flexibility index (Phi) is 2.80. The van der Waals surface area contributed by atoms with Crippen LogP contribution in [0.5, 0.6) is 0 Å². The summed E-state index contributed by atoms with van der Waals surface area (Å²) in [7, 11) is 0. The summed E-state index contributed by atoms with van der Waals surface area (Å²) in [6, 6.07) is 0. The van der Waals surface area contributed by atoms with Crippen LogP contribution in [0.2, 0.25) is 0 Å². The van der Waals surface area contributed by atoms with E-state index in [-0.39, 0.29) is 0 Å². The molecule has 0 saturated heterocycles. The van der Waals surface area contributed by atoms with E-state index < -0.39 is 0 Å². The van der Waals surface area contributed by atoms with Crippen molar-refractivity contribution in [3.8, 4) is 0 Å². The molecule has 2 unspecified atom stereocenters. The molecule has 0 aromatic heterocycles. The molecule has 0 nitrogen and oxygen atoms in total. The fraction of sp³-hybridized carbons (Fsp3) is 0.714. The Bertz CT molecular complexity index is 247. The van der Waals surface area contributed by atoms with Crippen molar-refractivity contribution in [3.63, 3.8) is 0 Å². The largest absolute Gasteiger partial charge is 0.0876 e. The van der Waals surface area contributed by atoms with Gasteiger partial charge in [-0.15, -0.1) is 0 Å². The third-order valence-corrected chi connectivity index (χ3v) is 3.94. The topological polar surface area (TPSA) is 0 Å². The Morgan fingerprint density at radius 1 is 1.21 bits per heavy atom. The van der Waals surface area contributed by atoms with Crippen molar-refractivity contribution in [1.29, 1.82) is 0 Å². The van der Waals surface area contributed by atoms with Crippen LogP contribution in [0.25, 0.3) is 0 Å². The van der Waals surface area contributed by atoms with Gasteiger partial charge in [-0.25, -0.2) is 0 Å². The fourth-order valence-electron chi connectivity index (χ4n) is 2.82. The highest BCUT2D eigenvalue weighted by Gasteiger charge is 2.29. The molecule has 0 aromatic rings. The molecule has 2 aliphatic carbocycles. The van der Waals surface area contributed by atoms with Gasteiger partial charge in [-0.3, -0.25) is 0 Å². The average Bonchev–Trinajstić information content (AvgIpc) is 2.47. The highest BCUT2D eigenvalue weighted by atomic mass is 14.3. The van der Waals surface area contributed by atoms with Crippen LogP contribution >= 0.6 is 0 Å². The summed E-state index contributed by atoms with van der Waals surface area (Å²) in [5, 5.41) is 0. The minimum Gasteiger partial charge on any atom is -0.0876 e. The van der Waals surface area contributed by atoms with E-state index in [2.05, 4.69) is 38.2 Å². The van der Waals surface area contributed by atoms with E-state index in [1.807, 2.05) is 0 Å². The van der Waals surface area contributed by atoms with Crippen LogP contribution in [-0.2, 0) is 0 Å². The molecule has 78 valence electrons. The number of allylic oxidation sites excluding steroid dienone is 4. The van der Waals surface area contributed by atoms with Gasteiger partial charge in [0, 0.05) is 5.41 Å². The smallest absolute Gasteiger partial charge is 0.00640 e. The molecular weight excluding hydrogens is 168 g/mol. The molecule has 0 amide bonds. The van der Waals surface area contributed by atoms with Gasteiger partial charge < -0.3 is 0 Å². The second-order valence-corrected chi connectivity index (χ2v) is 5.33. The normalized spacial score (nSPS) is 36.9. The second-order valence-electron chi connectivity index (χ2n) is 5.33. The molecule has 1 spiro atoms. The monoisotopic (exact) mass is 190 g/mol. The Morgan fingerprint density at radius 2 is 2.07 bits per heavy atom. The summed E-state index contributed by atoms with van der Waals surface area (Å²) in [5.41, 5.74) is 0.462. The van der Waals surface area contributed by atoms with Crippen LogP contribution in [-0.4, -0.2) is 0 Å². The van der Waals surface area contributed by atoms with Gasteiger partial charge in [0.1, 0.15) is 0 Å². The maximum atomic E-state index is 2.51. The van der Waals surface area contributed by atoms with Crippen LogP contribution in [0.1, 0.15) is 46.0 Å². The molecule has 14 heavy (non-hydrogen) atoms. The van der Waals surface area contributed by atoms with Crippen LogP contribution in [0.4, 0.5) is 0 Å². The van der Waals surface area contributed by atoms with Crippen molar-refractivity contribution in [2.24, 2.45) is 17.3 Å². The summed E-state index contributed by atoms with van der Waals surface area (Å²) in [6.45, 7) is 4.69. The molecule has 0 radical (unpaired) electrons. The Balaban J connectivity index is 2.10. The van der Waals surface area contributed by atoms with E-state index in [9.17, 15) is 0 Å². The molecule has 2 atom stereocenters. The van der Waals surface area contributed by atoms with Gasteiger partial charge in [0.25, 0.3) is 0 Å². The molecule has 2 aliphatic rings. The van der Waals surface area contributed by atoms with Gasteiger partial charge in [-0.2, -0.15) is 0 Å². The lowest BCUT2D eigenvalue weighted by Crippen LogP contribution is -2.09. The predicted octanol–water partition coefficient (Wildman–Crippen LogP) is 4.34. The van der Waals surface area contributed by atoms with Crippen molar-refractivity contribution in [2.75, 3.05) is 0 Å². The van der Waals surface area contributed by atoms with Gasteiger partial charge in [-0.05, 0) is 37.5 Å². The van der Waals surface area contributed by atoms with Crippen molar-refractivity contribution in [1.82, 2.24) is 0 Å². The average molecular weight is 190 g/mol. The predicted molar refractivity (Wildman–Crippen MR) is 62.1 cm³/mol. The van der Waals surface area contributed by atoms with Crippen molar-refractivity contribution >= 4 is 0 Å². The van der Waals surface area contributed by atoms with E-state index in [0.29, 0.717) is 5.41 Å². The Labute approximate surface area is 88.1 Å². The van der Waals surface area contributed by atoms with Crippen LogP contribution < -0.4 is 0 Å². The van der Waals surface area contributed by atoms with Crippen LogP contribution in [0, 0.1) is 17.3 Å². The molecule has 0 N–H and O–H groups in total. The summed E-state index contributed by atoms with van der Waals surface area (Å²) < 4.78 is 0. The molecule has 0 aliphatic heterocycles. The first kappa shape index (κ1) is 10.0. The Morgan fingerprint density at radius 3 is 2.71 bits per heavy atom. The molecule has 0 saturated carbocycles. The molecule has 0 bridgehead atoms. The number of hydrogen-bond donors (Lipinski definition) is 0. The third kappa shape index (κ3) is 1.94. The lowest BCUT2D eigenvalue weighted by atomic mass is 9.83. The van der Waals surface area contributed by atoms with Crippen molar-refractivity contribution in [2.45, 2.75) is 46.0 Å². The number of rotatable bonds is 1. The van der Waals surface area contributed by atoms with E-state index >= 15 is 0 Å². The van der Waals surface area contributed by atoms with E-state index in [1.54, 1.807) is 0 Å². The van der Waals surface area contributed by atoms with Crippen molar-refractivity contribution in [3.05, 3.63) is 24.3 Å². The first-order chi connectivity index (χ1) is 6.72. The number of hydrogen-bond acceptors (Lipinski definition) is 0. The maximum Gasteiger partial charge on any atom is 0.00640 e. The van der Waals surface area contributed by atoms with Crippen molar-refractivity contribution < 1.29 is 0 Å². The first-order valence-electron chi connectivity index (χ1n) is 6.09. The summed E-state index contributed by atoms with van der Waals surface area (Å²) in [5.74, 6) is 1.63. The summed E-state index contributed by atoms with van der Waals surface area (Å²) in [4.78, 5) is 0. The zero-order valence-electron chi connectivity index (χ0n) is 9.50. The molecule has 0 fully saturated rings. The summed E-state index contributed by atoms with van der Waals surface area (Å²) >= 11 is 0. The molecule has 0 heterocycles. The lowest BCUT2D eigenvalue weighted by molar-refractivity contribution is 0.392. The van der Waals surface area contributed by atoms with Gasteiger partial charge in [0.15, 0.2) is 0 Å². The van der Waals surface area contributed by atoms with E-state index in [0.717, 1.165) is 11.8 Å². The lowest BCUT2D eigenvalue weighted by Gasteiger charge is -2.21. The quantitative estimate of drug-likeness (QED) is 0.540. The molecule has 0 heteroatoms. The van der Waals surface area contributed by atoms with E-state index in [4.69, 9.17) is 0 Å². The second kappa shape index (κ2) is 3.92. The third-order valence-electron chi connectivity index (χ3n) is 3.94. The minimum atomic E-state index is 0.462.